The third kappa shape index (κ3) is 4.29. The first kappa shape index (κ1) is 12.5. The second-order valence-electron chi connectivity index (χ2n) is 3.77. The van der Waals surface area contributed by atoms with Gasteiger partial charge in [-0.2, -0.15) is 0 Å². The van der Waals surface area contributed by atoms with E-state index in [1.54, 1.807) is 0 Å². The number of carbonyl (C=O) groups is 3. The minimum Gasteiger partial charge on any atom is -0.481 e. The van der Waals surface area contributed by atoms with Gasteiger partial charge in [-0.25, -0.2) is 0 Å². The fourth-order valence-corrected chi connectivity index (χ4v) is 1.57. The maximum atomic E-state index is 11.3. The molecule has 0 atom stereocenters. The molecule has 2 N–H and O–H groups in total. The fraction of sp³-hybridized carbons (Fsp3) is 0.700. The van der Waals surface area contributed by atoms with Crippen molar-refractivity contribution in [2.24, 2.45) is 0 Å². The van der Waals surface area contributed by atoms with Gasteiger partial charge in [0.15, 0.2) is 0 Å². The lowest BCUT2D eigenvalue weighted by Gasteiger charge is -2.14. The van der Waals surface area contributed by atoms with Crippen LogP contribution in [0, 0.1) is 0 Å². The molecule has 0 aromatic rings. The summed E-state index contributed by atoms with van der Waals surface area (Å²) < 4.78 is 0. The van der Waals surface area contributed by atoms with Crippen LogP contribution >= 0.6 is 0 Å². The molecule has 6 heteroatoms. The molecular formula is C10H16N2O4. The first-order chi connectivity index (χ1) is 7.59. The summed E-state index contributed by atoms with van der Waals surface area (Å²) in [4.78, 5) is 34.3. The molecule has 6 nitrogen and oxygen atoms in total. The zero-order chi connectivity index (χ0) is 12.0. The number of hydrogen-bond donors (Lipinski definition) is 2. The summed E-state index contributed by atoms with van der Waals surface area (Å²) in [5.41, 5.74) is 0. The molecule has 1 aliphatic rings. The number of hydrogen-bond acceptors (Lipinski definition) is 3. The molecule has 16 heavy (non-hydrogen) atoms. The Bertz CT molecular complexity index is 291. The Labute approximate surface area is 93.6 Å². The van der Waals surface area contributed by atoms with E-state index >= 15 is 0 Å². The van der Waals surface area contributed by atoms with Crippen molar-refractivity contribution in [3.63, 3.8) is 0 Å². The van der Waals surface area contributed by atoms with Gasteiger partial charge in [-0.15, -0.1) is 0 Å². The third-order valence-corrected chi connectivity index (χ3v) is 2.40. The lowest BCUT2D eigenvalue weighted by molar-refractivity contribution is -0.137. The van der Waals surface area contributed by atoms with Gasteiger partial charge in [0, 0.05) is 25.9 Å². The van der Waals surface area contributed by atoms with E-state index in [4.69, 9.17) is 5.11 Å². The molecule has 1 heterocycles. The lowest BCUT2D eigenvalue weighted by atomic mass is 10.3. The largest absolute Gasteiger partial charge is 0.481 e. The van der Waals surface area contributed by atoms with Crippen molar-refractivity contribution in [1.29, 1.82) is 0 Å². The highest BCUT2D eigenvalue weighted by Crippen LogP contribution is 2.08. The van der Waals surface area contributed by atoms with Gasteiger partial charge in [-0.3, -0.25) is 14.4 Å². The minimum absolute atomic E-state index is 0.0145. The quantitative estimate of drug-likeness (QED) is 0.605. The van der Waals surface area contributed by atoms with Crippen LogP contribution in [0.5, 0.6) is 0 Å². The van der Waals surface area contributed by atoms with Gasteiger partial charge >= 0.3 is 5.97 Å². The predicted molar refractivity (Wildman–Crippen MR) is 55.7 cm³/mol. The van der Waals surface area contributed by atoms with Crippen molar-refractivity contribution in [3.8, 4) is 0 Å². The number of carbonyl (C=O) groups excluding carboxylic acids is 2. The molecule has 1 aliphatic heterocycles. The first-order valence-electron chi connectivity index (χ1n) is 5.36. The van der Waals surface area contributed by atoms with Crippen LogP contribution in [0.25, 0.3) is 0 Å². The van der Waals surface area contributed by atoms with Crippen LogP contribution in [0.3, 0.4) is 0 Å². The van der Waals surface area contributed by atoms with Crippen LogP contribution in [0.4, 0.5) is 0 Å². The first-order valence-corrected chi connectivity index (χ1v) is 5.36. The number of rotatable bonds is 6. The average molecular weight is 228 g/mol. The Morgan fingerprint density at radius 1 is 1.44 bits per heavy atom. The summed E-state index contributed by atoms with van der Waals surface area (Å²) in [6, 6.07) is 0. The molecule has 90 valence electrons. The van der Waals surface area contributed by atoms with Crippen LogP contribution in [-0.4, -0.2) is 47.4 Å². The average Bonchev–Trinajstić information content (AvgIpc) is 2.59. The van der Waals surface area contributed by atoms with Crippen LogP contribution in [0.2, 0.25) is 0 Å². The van der Waals surface area contributed by atoms with E-state index < -0.39 is 5.97 Å². The summed E-state index contributed by atoms with van der Waals surface area (Å²) in [5, 5.41) is 11.0. The number of carboxylic acids is 1. The highest BCUT2D eigenvalue weighted by molar-refractivity contribution is 5.85. The monoisotopic (exact) mass is 228 g/mol. The van der Waals surface area contributed by atoms with E-state index in [0.29, 0.717) is 25.9 Å². The van der Waals surface area contributed by atoms with Crippen LogP contribution < -0.4 is 5.32 Å². The van der Waals surface area contributed by atoms with Gasteiger partial charge in [0.1, 0.15) is 0 Å². The zero-order valence-corrected chi connectivity index (χ0v) is 9.07. The topological polar surface area (TPSA) is 86.7 Å². The molecule has 1 rings (SSSR count). The Hall–Kier alpha value is -1.59. The Balaban J connectivity index is 2.11. The van der Waals surface area contributed by atoms with Gasteiger partial charge in [0.05, 0.1) is 6.54 Å². The fourth-order valence-electron chi connectivity index (χ4n) is 1.57. The molecule has 0 radical (unpaired) electrons. The summed E-state index contributed by atoms with van der Waals surface area (Å²) in [5.74, 6) is -1.08. The van der Waals surface area contributed by atoms with Crippen molar-refractivity contribution in [2.75, 3.05) is 19.6 Å². The molecule has 0 unspecified atom stereocenters. The summed E-state index contributed by atoms with van der Waals surface area (Å²) in [6.07, 6.45) is 1.79. The molecule has 1 saturated heterocycles. The highest BCUT2D eigenvalue weighted by Gasteiger charge is 2.21. The molecule has 0 bridgehead atoms. The molecule has 0 spiro atoms. The molecule has 1 fully saturated rings. The Kier molecular flexibility index (Phi) is 4.75. The van der Waals surface area contributed by atoms with E-state index in [-0.39, 0.29) is 24.8 Å². The van der Waals surface area contributed by atoms with E-state index in [9.17, 15) is 14.4 Å². The molecule has 0 aliphatic carbocycles. The standard InChI is InChI=1S/C10H16N2O4/c13-8(11-5-1-4-10(15)16)7-12-6-2-3-9(12)14/h1-7H2,(H,11,13)(H,15,16). The molecule has 0 aromatic carbocycles. The normalized spacial score (nSPS) is 15.2. The van der Waals surface area contributed by atoms with Gasteiger partial charge in [-0.1, -0.05) is 0 Å². The second kappa shape index (κ2) is 6.09. The van der Waals surface area contributed by atoms with Gasteiger partial charge in [0.2, 0.25) is 11.8 Å². The molecule has 0 saturated carbocycles. The van der Waals surface area contributed by atoms with E-state index in [2.05, 4.69) is 5.32 Å². The smallest absolute Gasteiger partial charge is 0.303 e. The van der Waals surface area contributed by atoms with Crippen molar-refractivity contribution in [1.82, 2.24) is 10.2 Å². The lowest BCUT2D eigenvalue weighted by Crippen LogP contribution is -2.38. The number of aliphatic carboxylic acids is 1. The van der Waals surface area contributed by atoms with E-state index in [0.717, 1.165) is 6.42 Å². The van der Waals surface area contributed by atoms with Crippen LogP contribution in [0.15, 0.2) is 0 Å². The SMILES string of the molecule is O=C(O)CCCNC(=O)CN1CCCC1=O. The number of carboxylic acid groups (broad SMARTS) is 1. The number of nitrogens with zero attached hydrogens (tertiary/aromatic N) is 1. The maximum Gasteiger partial charge on any atom is 0.303 e. The molecule has 2 amide bonds. The van der Waals surface area contributed by atoms with E-state index in [1.807, 2.05) is 0 Å². The molecule has 0 aromatic heterocycles. The maximum absolute atomic E-state index is 11.3. The number of amides is 2. The zero-order valence-electron chi connectivity index (χ0n) is 9.07. The van der Waals surface area contributed by atoms with Crippen molar-refractivity contribution in [2.45, 2.75) is 25.7 Å². The number of likely N-dealkylation sites (tertiary alicyclic amines) is 1. The molecular weight excluding hydrogens is 212 g/mol. The van der Waals surface area contributed by atoms with Crippen LogP contribution in [-0.2, 0) is 14.4 Å². The van der Waals surface area contributed by atoms with Crippen LogP contribution in [0.1, 0.15) is 25.7 Å². The van der Waals surface area contributed by atoms with Gasteiger partial charge in [0.25, 0.3) is 0 Å². The van der Waals surface area contributed by atoms with Crippen molar-refractivity contribution < 1.29 is 19.5 Å². The van der Waals surface area contributed by atoms with E-state index in [1.165, 1.54) is 4.90 Å². The Morgan fingerprint density at radius 3 is 2.75 bits per heavy atom. The number of nitrogens with one attached hydrogen (secondary N) is 1. The summed E-state index contributed by atoms with van der Waals surface area (Å²) >= 11 is 0. The third-order valence-electron chi connectivity index (χ3n) is 2.40. The highest BCUT2D eigenvalue weighted by atomic mass is 16.4. The van der Waals surface area contributed by atoms with Crippen molar-refractivity contribution in [3.05, 3.63) is 0 Å². The summed E-state index contributed by atoms with van der Waals surface area (Å²) in [6.45, 7) is 1.07. The van der Waals surface area contributed by atoms with Gasteiger partial charge in [-0.05, 0) is 12.8 Å². The predicted octanol–water partition coefficient (Wildman–Crippen LogP) is -0.410. The second-order valence-corrected chi connectivity index (χ2v) is 3.77. The van der Waals surface area contributed by atoms with Gasteiger partial charge < -0.3 is 15.3 Å². The van der Waals surface area contributed by atoms with Crippen molar-refractivity contribution >= 4 is 17.8 Å². The Morgan fingerprint density at radius 2 is 2.19 bits per heavy atom. The minimum atomic E-state index is -0.871. The summed E-state index contributed by atoms with van der Waals surface area (Å²) in [7, 11) is 0.